The molecule has 2 aromatic carbocycles. The van der Waals surface area contributed by atoms with Gasteiger partial charge in [-0.15, -0.1) is 0 Å². The van der Waals surface area contributed by atoms with Gasteiger partial charge in [0.15, 0.2) is 0 Å². The Morgan fingerprint density at radius 3 is 1.95 bits per heavy atom. The molecule has 3 nitrogen and oxygen atoms in total. The molecule has 0 bridgehead atoms. The van der Waals surface area contributed by atoms with Crippen LogP contribution in [0.5, 0.6) is 0 Å². The summed E-state index contributed by atoms with van der Waals surface area (Å²) in [5.41, 5.74) is 1.35. The second kappa shape index (κ2) is 4.94. The number of carbonyl (C=O) groups excluding carboxylic acids is 2. The van der Waals surface area contributed by atoms with Crippen LogP contribution in [0.3, 0.4) is 0 Å². The monoisotopic (exact) mass is 293 g/mol. The Hall–Kier alpha value is -2.16. The van der Waals surface area contributed by atoms with Crippen LogP contribution in [0.15, 0.2) is 36.4 Å². The summed E-state index contributed by atoms with van der Waals surface area (Å²) in [4.78, 5) is 27.3. The average molecular weight is 293 g/mol. The number of imide groups is 1. The molecule has 1 fully saturated rings. The highest BCUT2D eigenvalue weighted by atomic mass is 16.2. The van der Waals surface area contributed by atoms with E-state index in [4.69, 9.17) is 0 Å². The van der Waals surface area contributed by atoms with Crippen LogP contribution in [-0.2, 0) is 0 Å². The second-order valence-electron chi connectivity index (χ2n) is 6.60. The maximum Gasteiger partial charge on any atom is 0.261 e. The smallest absolute Gasteiger partial charge is 0.261 e. The van der Waals surface area contributed by atoms with Crippen molar-refractivity contribution in [3.05, 3.63) is 47.5 Å². The zero-order valence-electron chi connectivity index (χ0n) is 12.7. The van der Waals surface area contributed by atoms with Crippen molar-refractivity contribution in [1.82, 2.24) is 4.90 Å². The Balaban J connectivity index is 1.82. The molecule has 2 aromatic rings. The number of nitrogens with zero attached hydrogens (tertiary/aromatic N) is 1. The lowest BCUT2D eigenvalue weighted by Crippen LogP contribution is -2.48. The van der Waals surface area contributed by atoms with Crippen molar-refractivity contribution in [1.29, 1.82) is 0 Å². The first kappa shape index (κ1) is 13.5. The normalized spacial score (nSPS) is 24.9. The third-order valence-electron chi connectivity index (χ3n) is 5.15. The molecule has 2 amide bonds. The minimum atomic E-state index is -0.117. The lowest BCUT2D eigenvalue weighted by atomic mass is 9.84. The lowest BCUT2D eigenvalue weighted by Gasteiger charge is -2.37. The topological polar surface area (TPSA) is 37.4 Å². The number of carbonyl (C=O) groups is 2. The molecule has 0 aromatic heterocycles. The molecule has 4 rings (SSSR count). The Morgan fingerprint density at radius 2 is 1.41 bits per heavy atom. The summed E-state index contributed by atoms with van der Waals surface area (Å²) in [7, 11) is 0. The van der Waals surface area contributed by atoms with Gasteiger partial charge in [-0.25, -0.2) is 0 Å². The Morgan fingerprint density at radius 1 is 0.864 bits per heavy atom. The van der Waals surface area contributed by atoms with E-state index < -0.39 is 0 Å². The Kier molecular flexibility index (Phi) is 3.03. The molecule has 0 N–H and O–H groups in total. The molecule has 22 heavy (non-hydrogen) atoms. The summed E-state index contributed by atoms with van der Waals surface area (Å²) in [5, 5.41) is 1.79. The molecular formula is C19H19NO2. The lowest BCUT2D eigenvalue weighted by molar-refractivity contribution is 0.0487. The summed E-state index contributed by atoms with van der Waals surface area (Å²) in [6.07, 6.45) is 4.04. The number of amides is 2. The fourth-order valence-corrected chi connectivity index (χ4v) is 3.88. The molecule has 2 aliphatic rings. The number of hydrogen-bond acceptors (Lipinski definition) is 2. The SMILES string of the molecule is CC1CCC(N2C(=O)c3cccc4cccc(c34)C2=O)CC1. The fourth-order valence-electron chi connectivity index (χ4n) is 3.88. The van der Waals surface area contributed by atoms with Crippen LogP contribution in [0.1, 0.15) is 53.3 Å². The Bertz CT molecular complexity index is 721. The van der Waals surface area contributed by atoms with Crippen LogP contribution in [-0.4, -0.2) is 22.8 Å². The first-order chi connectivity index (χ1) is 10.7. The van der Waals surface area contributed by atoms with E-state index in [1.807, 2.05) is 36.4 Å². The molecule has 1 aliphatic carbocycles. The standard InChI is InChI=1S/C19H19NO2/c1-12-8-10-14(11-9-12)20-18(21)15-6-2-4-13-5-3-7-16(17(13)15)19(20)22/h2-7,12,14H,8-11H2,1H3. The van der Waals surface area contributed by atoms with Gasteiger partial charge < -0.3 is 0 Å². The third-order valence-corrected chi connectivity index (χ3v) is 5.15. The first-order valence-corrected chi connectivity index (χ1v) is 8.06. The quantitative estimate of drug-likeness (QED) is 0.745. The summed E-state index contributed by atoms with van der Waals surface area (Å²) in [6, 6.07) is 11.5. The Labute approximate surface area is 129 Å². The van der Waals surface area contributed by atoms with Gasteiger partial charge in [0.25, 0.3) is 11.8 Å². The molecule has 112 valence electrons. The van der Waals surface area contributed by atoms with Crippen LogP contribution in [0.2, 0.25) is 0 Å². The summed E-state index contributed by atoms with van der Waals surface area (Å²) in [6.45, 7) is 2.24. The fraction of sp³-hybridized carbons (Fsp3) is 0.368. The minimum Gasteiger partial charge on any atom is -0.271 e. The van der Waals surface area contributed by atoms with Gasteiger partial charge in [0, 0.05) is 22.6 Å². The number of benzene rings is 2. The minimum absolute atomic E-state index is 0.0554. The van der Waals surface area contributed by atoms with Crippen molar-refractivity contribution in [2.45, 2.75) is 38.6 Å². The largest absolute Gasteiger partial charge is 0.271 e. The second-order valence-corrected chi connectivity index (χ2v) is 6.60. The molecule has 0 radical (unpaired) electrons. The summed E-state index contributed by atoms with van der Waals surface area (Å²) in [5.74, 6) is 0.463. The van der Waals surface area contributed by atoms with Gasteiger partial charge in [-0.3, -0.25) is 14.5 Å². The van der Waals surface area contributed by atoms with Crippen molar-refractivity contribution in [2.75, 3.05) is 0 Å². The molecule has 1 saturated carbocycles. The van der Waals surface area contributed by atoms with Gasteiger partial charge in [0.1, 0.15) is 0 Å². The van der Waals surface area contributed by atoms with Crippen LogP contribution < -0.4 is 0 Å². The predicted octanol–water partition coefficient (Wildman–Crippen LogP) is 4.01. The molecule has 0 atom stereocenters. The zero-order valence-corrected chi connectivity index (χ0v) is 12.7. The zero-order chi connectivity index (χ0) is 15.3. The van der Waals surface area contributed by atoms with Crippen molar-refractivity contribution in [2.24, 2.45) is 5.92 Å². The molecule has 3 heteroatoms. The van der Waals surface area contributed by atoms with E-state index in [1.54, 1.807) is 0 Å². The van der Waals surface area contributed by atoms with Crippen LogP contribution in [0.4, 0.5) is 0 Å². The van der Waals surface area contributed by atoms with Crippen LogP contribution in [0.25, 0.3) is 10.8 Å². The van der Waals surface area contributed by atoms with E-state index in [2.05, 4.69) is 6.92 Å². The van der Waals surface area contributed by atoms with E-state index in [0.29, 0.717) is 17.0 Å². The van der Waals surface area contributed by atoms with Gasteiger partial charge >= 0.3 is 0 Å². The first-order valence-electron chi connectivity index (χ1n) is 8.06. The van der Waals surface area contributed by atoms with E-state index in [-0.39, 0.29) is 17.9 Å². The maximum atomic E-state index is 12.9. The van der Waals surface area contributed by atoms with E-state index >= 15 is 0 Å². The maximum absolute atomic E-state index is 12.9. The molecular weight excluding hydrogens is 274 g/mol. The van der Waals surface area contributed by atoms with E-state index in [0.717, 1.165) is 36.5 Å². The molecule has 0 unspecified atom stereocenters. The van der Waals surface area contributed by atoms with Crippen molar-refractivity contribution >= 4 is 22.6 Å². The highest BCUT2D eigenvalue weighted by molar-refractivity contribution is 6.25. The van der Waals surface area contributed by atoms with Gasteiger partial charge in [0.05, 0.1) is 0 Å². The summed E-state index contributed by atoms with van der Waals surface area (Å²) < 4.78 is 0. The predicted molar refractivity (Wildman–Crippen MR) is 85.9 cm³/mol. The average Bonchev–Trinajstić information content (AvgIpc) is 2.54. The highest BCUT2D eigenvalue weighted by Crippen LogP contribution is 2.35. The molecule has 0 saturated heterocycles. The van der Waals surface area contributed by atoms with Gasteiger partial charge in [-0.1, -0.05) is 31.2 Å². The number of hydrogen-bond donors (Lipinski definition) is 0. The molecule has 1 aliphatic heterocycles. The van der Waals surface area contributed by atoms with Gasteiger partial charge in [-0.2, -0.15) is 0 Å². The highest BCUT2D eigenvalue weighted by Gasteiger charge is 2.38. The molecule has 0 spiro atoms. The van der Waals surface area contributed by atoms with Crippen molar-refractivity contribution < 1.29 is 9.59 Å². The van der Waals surface area contributed by atoms with E-state index in [9.17, 15) is 9.59 Å². The van der Waals surface area contributed by atoms with Crippen molar-refractivity contribution in [3.8, 4) is 0 Å². The van der Waals surface area contributed by atoms with Crippen LogP contribution in [0, 0.1) is 5.92 Å². The van der Waals surface area contributed by atoms with Crippen molar-refractivity contribution in [3.63, 3.8) is 0 Å². The van der Waals surface area contributed by atoms with Crippen LogP contribution >= 0.6 is 0 Å². The van der Waals surface area contributed by atoms with Gasteiger partial charge in [-0.05, 0) is 49.1 Å². The summed E-state index contributed by atoms with van der Waals surface area (Å²) >= 11 is 0. The molecule has 1 heterocycles. The van der Waals surface area contributed by atoms with E-state index in [1.165, 1.54) is 4.90 Å². The third kappa shape index (κ3) is 1.88. The number of rotatable bonds is 1. The van der Waals surface area contributed by atoms with Gasteiger partial charge in [0.2, 0.25) is 0 Å².